The van der Waals surface area contributed by atoms with E-state index in [4.69, 9.17) is 0 Å². The van der Waals surface area contributed by atoms with Gasteiger partial charge in [-0.1, -0.05) is 91.0 Å². The molecule has 28 heavy (non-hydrogen) atoms. The van der Waals surface area contributed by atoms with E-state index in [2.05, 4.69) is 22.8 Å². The predicted octanol–water partition coefficient (Wildman–Crippen LogP) is 4.39. The van der Waals surface area contributed by atoms with Crippen LogP contribution in [0.3, 0.4) is 0 Å². The number of hydrogen-bond donors (Lipinski definition) is 2. The van der Waals surface area contributed by atoms with Crippen molar-refractivity contribution in [3.8, 4) is 12.1 Å². The summed E-state index contributed by atoms with van der Waals surface area (Å²) >= 11 is 0. The van der Waals surface area contributed by atoms with Gasteiger partial charge in [0.2, 0.25) is 0 Å². The number of nitriles is 2. The van der Waals surface area contributed by atoms with Crippen LogP contribution in [0.2, 0.25) is 0 Å². The Balaban J connectivity index is 1.87. The third-order valence-corrected chi connectivity index (χ3v) is 5.35. The Morgan fingerprint density at radius 1 is 0.571 bits per heavy atom. The smallest absolute Gasteiger partial charge is 0.182 e. The molecule has 4 heteroatoms. The van der Waals surface area contributed by atoms with Crippen molar-refractivity contribution in [3.05, 3.63) is 108 Å². The third kappa shape index (κ3) is 3.06. The summed E-state index contributed by atoms with van der Waals surface area (Å²) in [6.07, 6.45) is -0.188. The van der Waals surface area contributed by atoms with Crippen LogP contribution in [0.25, 0.3) is 0 Å². The SMILES string of the molecule is N#CC1(C#N)C(c2ccccc2)NC(c2ccccc2)NC1c1ccccc1. The van der Waals surface area contributed by atoms with E-state index in [0.717, 1.165) is 16.7 Å². The molecule has 2 atom stereocenters. The molecule has 0 bridgehead atoms. The first-order valence-electron chi connectivity index (χ1n) is 9.28. The molecule has 0 spiro atoms. The van der Waals surface area contributed by atoms with E-state index in [1.165, 1.54) is 0 Å². The molecule has 0 radical (unpaired) electrons. The number of nitrogens with zero attached hydrogens (tertiary/aromatic N) is 2. The fourth-order valence-electron chi connectivity index (χ4n) is 3.94. The van der Waals surface area contributed by atoms with E-state index < -0.39 is 17.5 Å². The minimum absolute atomic E-state index is 0.188. The van der Waals surface area contributed by atoms with E-state index >= 15 is 0 Å². The number of hydrogen-bond acceptors (Lipinski definition) is 4. The van der Waals surface area contributed by atoms with E-state index in [-0.39, 0.29) is 6.17 Å². The van der Waals surface area contributed by atoms with Crippen LogP contribution < -0.4 is 10.6 Å². The average molecular weight is 364 g/mol. The second kappa shape index (κ2) is 7.66. The standard InChI is InChI=1S/C24H20N4/c25-16-24(17-26)21(18-10-4-1-5-11-18)27-23(20-14-8-3-9-15-20)28-22(24)19-12-6-2-7-13-19/h1-15,21-23,27-28H. The lowest BCUT2D eigenvalue weighted by Crippen LogP contribution is -2.56. The summed E-state index contributed by atoms with van der Waals surface area (Å²) < 4.78 is 0. The quantitative estimate of drug-likeness (QED) is 0.723. The van der Waals surface area contributed by atoms with Gasteiger partial charge in [0.25, 0.3) is 0 Å². The van der Waals surface area contributed by atoms with Crippen molar-refractivity contribution in [1.29, 1.82) is 10.5 Å². The summed E-state index contributed by atoms with van der Waals surface area (Å²) in [6.45, 7) is 0. The molecule has 2 unspecified atom stereocenters. The van der Waals surface area contributed by atoms with Crippen molar-refractivity contribution in [1.82, 2.24) is 10.6 Å². The molecular weight excluding hydrogens is 344 g/mol. The van der Waals surface area contributed by atoms with Gasteiger partial charge in [0.1, 0.15) is 0 Å². The van der Waals surface area contributed by atoms with E-state index in [1.807, 2.05) is 91.0 Å². The third-order valence-electron chi connectivity index (χ3n) is 5.35. The maximum absolute atomic E-state index is 10.2. The molecule has 1 fully saturated rings. The molecule has 3 aromatic rings. The average Bonchev–Trinajstić information content (AvgIpc) is 2.80. The van der Waals surface area contributed by atoms with Crippen molar-refractivity contribution in [2.24, 2.45) is 5.41 Å². The molecule has 1 aliphatic heterocycles. The van der Waals surface area contributed by atoms with Crippen LogP contribution in [0, 0.1) is 28.1 Å². The molecule has 1 aliphatic rings. The highest BCUT2D eigenvalue weighted by atomic mass is 15.2. The Morgan fingerprint density at radius 3 is 1.29 bits per heavy atom. The lowest BCUT2D eigenvalue weighted by molar-refractivity contribution is 0.146. The zero-order valence-electron chi connectivity index (χ0n) is 15.3. The van der Waals surface area contributed by atoms with Gasteiger partial charge in [-0.3, -0.25) is 10.6 Å². The molecule has 1 heterocycles. The Kier molecular flexibility index (Phi) is 4.91. The first-order chi connectivity index (χ1) is 13.8. The van der Waals surface area contributed by atoms with Gasteiger partial charge >= 0.3 is 0 Å². The predicted molar refractivity (Wildman–Crippen MR) is 107 cm³/mol. The van der Waals surface area contributed by atoms with Gasteiger partial charge in [0.15, 0.2) is 5.41 Å². The monoisotopic (exact) mass is 364 g/mol. The van der Waals surface area contributed by atoms with E-state index in [0.29, 0.717) is 0 Å². The molecule has 4 rings (SSSR count). The molecule has 136 valence electrons. The summed E-state index contributed by atoms with van der Waals surface area (Å²) in [4.78, 5) is 0. The number of rotatable bonds is 3. The molecule has 4 nitrogen and oxygen atoms in total. The topological polar surface area (TPSA) is 71.6 Å². The second-order valence-corrected chi connectivity index (χ2v) is 6.96. The molecule has 0 aliphatic carbocycles. The number of benzene rings is 3. The molecular formula is C24H20N4. The largest absolute Gasteiger partial charge is 0.289 e. The van der Waals surface area contributed by atoms with Crippen molar-refractivity contribution in [3.63, 3.8) is 0 Å². The summed E-state index contributed by atoms with van der Waals surface area (Å²) in [6, 6.07) is 33.4. The first kappa shape index (κ1) is 17.9. The minimum atomic E-state index is -1.30. The van der Waals surface area contributed by atoms with E-state index in [9.17, 15) is 10.5 Å². The Labute approximate surface area is 165 Å². The normalized spacial score (nSPS) is 23.3. The van der Waals surface area contributed by atoms with Crippen molar-refractivity contribution >= 4 is 0 Å². The van der Waals surface area contributed by atoms with Gasteiger partial charge in [-0.2, -0.15) is 10.5 Å². The van der Waals surface area contributed by atoms with Gasteiger partial charge < -0.3 is 0 Å². The van der Waals surface area contributed by atoms with Gasteiger partial charge in [-0.05, 0) is 16.7 Å². The fourth-order valence-corrected chi connectivity index (χ4v) is 3.94. The van der Waals surface area contributed by atoms with Crippen LogP contribution in [-0.2, 0) is 0 Å². The molecule has 3 aromatic carbocycles. The first-order valence-corrected chi connectivity index (χ1v) is 9.28. The van der Waals surface area contributed by atoms with Crippen molar-refractivity contribution in [2.45, 2.75) is 18.2 Å². The summed E-state index contributed by atoms with van der Waals surface area (Å²) in [5.41, 5.74) is 1.62. The van der Waals surface area contributed by atoms with Gasteiger partial charge in [-0.25, -0.2) is 0 Å². The summed E-state index contributed by atoms with van der Waals surface area (Å²) in [5.74, 6) is 0. The fraction of sp³-hybridized carbons (Fsp3) is 0.167. The highest BCUT2D eigenvalue weighted by Crippen LogP contribution is 2.48. The number of nitrogens with one attached hydrogen (secondary N) is 2. The zero-order chi connectivity index (χ0) is 19.4. The van der Waals surface area contributed by atoms with E-state index in [1.54, 1.807) is 0 Å². The van der Waals surface area contributed by atoms with Crippen LogP contribution in [0.4, 0.5) is 0 Å². The molecule has 0 saturated carbocycles. The Morgan fingerprint density at radius 2 is 0.929 bits per heavy atom. The minimum Gasteiger partial charge on any atom is -0.289 e. The highest BCUT2D eigenvalue weighted by molar-refractivity contribution is 5.39. The van der Waals surface area contributed by atoms with Gasteiger partial charge in [0, 0.05) is 0 Å². The highest BCUT2D eigenvalue weighted by Gasteiger charge is 2.53. The van der Waals surface area contributed by atoms with Gasteiger partial charge in [-0.15, -0.1) is 0 Å². The lowest BCUT2D eigenvalue weighted by atomic mass is 9.69. The Bertz CT molecular complexity index is 938. The molecule has 1 saturated heterocycles. The second-order valence-electron chi connectivity index (χ2n) is 6.96. The van der Waals surface area contributed by atoms with Crippen LogP contribution in [0.5, 0.6) is 0 Å². The summed E-state index contributed by atoms with van der Waals surface area (Å²) in [5, 5.41) is 27.5. The zero-order valence-corrected chi connectivity index (χ0v) is 15.3. The maximum Gasteiger partial charge on any atom is 0.182 e. The maximum atomic E-state index is 10.2. The lowest BCUT2D eigenvalue weighted by Gasteiger charge is -2.46. The van der Waals surface area contributed by atoms with Crippen LogP contribution in [-0.4, -0.2) is 0 Å². The van der Waals surface area contributed by atoms with Crippen LogP contribution in [0.1, 0.15) is 34.9 Å². The Hall–Kier alpha value is -3.44. The van der Waals surface area contributed by atoms with Crippen LogP contribution >= 0.6 is 0 Å². The van der Waals surface area contributed by atoms with Crippen LogP contribution in [0.15, 0.2) is 91.0 Å². The van der Waals surface area contributed by atoms with Crippen molar-refractivity contribution in [2.75, 3.05) is 0 Å². The van der Waals surface area contributed by atoms with Gasteiger partial charge in [0.05, 0.1) is 30.4 Å². The van der Waals surface area contributed by atoms with Crippen molar-refractivity contribution < 1.29 is 0 Å². The molecule has 0 aromatic heterocycles. The molecule has 0 amide bonds. The molecule has 2 N–H and O–H groups in total. The summed E-state index contributed by atoms with van der Waals surface area (Å²) in [7, 11) is 0.